The summed E-state index contributed by atoms with van der Waals surface area (Å²) in [5.74, 6) is 0.928. The third-order valence-electron chi connectivity index (χ3n) is 3.10. The third kappa shape index (κ3) is 4.09. The quantitative estimate of drug-likeness (QED) is 0.817. The van der Waals surface area contributed by atoms with E-state index >= 15 is 0 Å². The Bertz CT molecular complexity index is 737. The maximum absolute atomic E-state index is 11.9. The van der Waals surface area contributed by atoms with E-state index in [-0.39, 0.29) is 30.3 Å². The zero-order valence-electron chi connectivity index (χ0n) is 13.2. The zero-order chi connectivity index (χ0) is 16.8. The van der Waals surface area contributed by atoms with E-state index in [4.69, 9.17) is 14.2 Å². The number of hydrogen-bond acceptors (Lipinski definition) is 6. The van der Waals surface area contributed by atoms with E-state index in [0.717, 1.165) is 0 Å². The number of aromatic amines is 1. The van der Waals surface area contributed by atoms with Crippen LogP contribution in [0.3, 0.4) is 0 Å². The molecule has 122 valence electrons. The van der Waals surface area contributed by atoms with E-state index in [9.17, 15) is 9.59 Å². The first-order chi connectivity index (χ1) is 11.0. The molecule has 0 aliphatic carbocycles. The Morgan fingerprint density at radius 1 is 1.22 bits per heavy atom. The van der Waals surface area contributed by atoms with Crippen LogP contribution in [0.25, 0.3) is 0 Å². The van der Waals surface area contributed by atoms with Gasteiger partial charge in [0.1, 0.15) is 23.9 Å². The number of esters is 1. The standard InChI is InChI=1S/C16H18N2O5/c1-4-22-16(20)14-10(2)15(19)18-13(17-14)9-23-12-7-5-11(21-3)6-8-12/h5-8H,4,9H2,1-3H3,(H,17,18,19). The molecule has 0 aliphatic heterocycles. The highest BCUT2D eigenvalue weighted by Crippen LogP contribution is 2.17. The van der Waals surface area contributed by atoms with Crippen LogP contribution >= 0.6 is 0 Å². The third-order valence-corrected chi connectivity index (χ3v) is 3.10. The van der Waals surface area contributed by atoms with E-state index in [1.165, 1.54) is 6.92 Å². The topological polar surface area (TPSA) is 90.5 Å². The lowest BCUT2D eigenvalue weighted by Gasteiger charge is -2.09. The lowest BCUT2D eigenvalue weighted by atomic mass is 10.2. The van der Waals surface area contributed by atoms with Crippen LogP contribution in [-0.4, -0.2) is 29.7 Å². The first kappa shape index (κ1) is 16.5. The number of aromatic nitrogens is 2. The van der Waals surface area contributed by atoms with Gasteiger partial charge in [-0.3, -0.25) is 4.79 Å². The molecule has 23 heavy (non-hydrogen) atoms. The van der Waals surface area contributed by atoms with Gasteiger partial charge >= 0.3 is 5.97 Å². The fourth-order valence-electron chi connectivity index (χ4n) is 1.87. The molecule has 0 fully saturated rings. The number of nitrogens with zero attached hydrogens (tertiary/aromatic N) is 1. The van der Waals surface area contributed by atoms with Gasteiger partial charge in [-0.1, -0.05) is 0 Å². The van der Waals surface area contributed by atoms with Gasteiger partial charge in [0.2, 0.25) is 0 Å². The van der Waals surface area contributed by atoms with Crippen LogP contribution in [0.5, 0.6) is 11.5 Å². The summed E-state index contributed by atoms with van der Waals surface area (Å²) in [6, 6.07) is 6.98. The average Bonchev–Trinajstić information content (AvgIpc) is 2.56. The van der Waals surface area contributed by atoms with Crippen LogP contribution in [-0.2, 0) is 11.3 Å². The lowest BCUT2D eigenvalue weighted by Crippen LogP contribution is -2.22. The van der Waals surface area contributed by atoms with Gasteiger partial charge in [-0.15, -0.1) is 0 Å². The second kappa shape index (κ2) is 7.44. The van der Waals surface area contributed by atoms with E-state index in [2.05, 4.69) is 9.97 Å². The van der Waals surface area contributed by atoms with Gasteiger partial charge in [-0.05, 0) is 38.1 Å². The zero-order valence-corrected chi connectivity index (χ0v) is 13.2. The summed E-state index contributed by atoms with van der Waals surface area (Å²) in [5, 5.41) is 0. The molecule has 0 saturated heterocycles. The highest BCUT2D eigenvalue weighted by Gasteiger charge is 2.16. The maximum Gasteiger partial charge on any atom is 0.357 e. The van der Waals surface area contributed by atoms with Crippen LogP contribution in [0.15, 0.2) is 29.1 Å². The van der Waals surface area contributed by atoms with Gasteiger partial charge in [0, 0.05) is 5.56 Å². The van der Waals surface area contributed by atoms with Crippen molar-refractivity contribution in [2.24, 2.45) is 0 Å². The SMILES string of the molecule is CCOC(=O)c1nc(COc2ccc(OC)cc2)[nH]c(=O)c1C. The maximum atomic E-state index is 11.9. The van der Waals surface area contributed by atoms with Crippen molar-refractivity contribution in [3.63, 3.8) is 0 Å². The van der Waals surface area contributed by atoms with Crippen molar-refractivity contribution >= 4 is 5.97 Å². The van der Waals surface area contributed by atoms with Crippen LogP contribution in [0.4, 0.5) is 0 Å². The lowest BCUT2D eigenvalue weighted by molar-refractivity contribution is 0.0517. The number of H-pyrrole nitrogens is 1. The minimum absolute atomic E-state index is 0.00364. The van der Waals surface area contributed by atoms with Gasteiger partial charge in [-0.2, -0.15) is 0 Å². The van der Waals surface area contributed by atoms with Gasteiger partial charge in [0.05, 0.1) is 13.7 Å². The number of benzene rings is 1. The first-order valence-corrected chi connectivity index (χ1v) is 7.09. The molecule has 7 nitrogen and oxygen atoms in total. The molecule has 2 rings (SSSR count). The average molecular weight is 318 g/mol. The molecule has 1 heterocycles. The molecule has 1 aromatic carbocycles. The van der Waals surface area contributed by atoms with Gasteiger partial charge < -0.3 is 19.2 Å². The molecule has 0 aliphatic rings. The summed E-state index contributed by atoms with van der Waals surface area (Å²) in [7, 11) is 1.58. The van der Waals surface area contributed by atoms with Crippen molar-refractivity contribution in [2.75, 3.05) is 13.7 Å². The van der Waals surface area contributed by atoms with Gasteiger partial charge in [0.15, 0.2) is 5.69 Å². The smallest absolute Gasteiger partial charge is 0.357 e. The van der Waals surface area contributed by atoms with E-state index in [1.54, 1.807) is 38.3 Å². The van der Waals surface area contributed by atoms with Crippen molar-refractivity contribution in [3.05, 3.63) is 51.7 Å². The van der Waals surface area contributed by atoms with Crippen molar-refractivity contribution < 1.29 is 19.0 Å². The molecule has 0 atom stereocenters. The number of ether oxygens (including phenoxy) is 3. The molecule has 7 heteroatoms. The summed E-state index contributed by atoms with van der Waals surface area (Å²) in [6.07, 6.45) is 0. The van der Waals surface area contributed by atoms with Crippen molar-refractivity contribution in [2.45, 2.75) is 20.5 Å². The van der Waals surface area contributed by atoms with Crippen LogP contribution < -0.4 is 15.0 Å². The summed E-state index contributed by atoms with van der Waals surface area (Å²) in [4.78, 5) is 30.4. The van der Waals surface area contributed by atoms with Crippen LogP contribution in [0.1, 0.15) is 28.8 Å². The number of rotatable bonds is 6. The first-order valence-electron chi connectivity index (χ1n) is 7.09. The van der Waals surface area contributed by atoms with Crippen molar-refractivity contribution in [1.82, 2.24) is 9.97 Å². The Morgan fingerprint density at radius 2 is 1.87 bits per heavy atom. The summed E-state index contributed by atoms with van der Waals surface area (Å²) in [5.41, 5.74) is -0.169. The summed E-state index contributed by atoms with van der Waals surface area (Å²) < 4.78 is 15.5. The number of methoxy groups -OCH3 is 1. The summed E-state index contributed by atoms with van der Waals surface area (Å²) >= 11 is 0. The fraction of sp³-hybridized carbons (Fsp3) is 0.312. The largest absolute Gasteiger partial charge is 0.497 e. The van der Waals surface area contributed by atoms with Crippen molar-refractivity contribution in [1.29, 1.82) is 0 Å². The number of hydrogen-bond donors (Lipinski definition) is 1. The molecule has 0 radical (unpaired) electrons. The van der Waals surface area contributed by atoms with E-state index < -0.39 is 11.5 Å². The molecule has 0 bridgehead atoms. The van der Waals surface area contributed by atoms with Crippen molar-refractivity contribution in [3.8, 4) is 11.5 Å². The Kier molecular flexibility index (Phi) is 5.35. The Balaban J connectivity index is 2.16. The molecule has 0 amide bonds. The molecule has 0 spiro atoms. The molecule has 0 unspecified atom stereocenters. The minimum Gasteiger partial charge on any atom is -0.497 e. The number of carbonyl (C=O) groups excluding carboxylic acids is 1. The second-order valence-corrected chi connectivity index (χ2v) is 4.67. The Morgan fingerprint density at radius 3 is 2.48 bits per heavy atom. The second-order valence-electron chi connectivity index (χ2n) is 4.67. The van der Waals surface area contributed by atoms with Crippen LogP contribution in [0, 0.1) is 6.92 Å². The molecular weight excluding hydrogens is 300 g/mol. The van der Waals surface area contributed by atoms with Gasteiger partial charge in [-0.25, -0.2) is 9.78 Å². The molecule has 1 aromatic heterocycles. The Labute approximate surface area is 133 Å². The van der Waals surface area contributed by atoms with Crippen LogP contribution in [0.2, 0.25) is 0 Å². The summed E-state index contributed by atoms with van der Waals surface area (Å²) in [6.45, 7) is 3.44. The number of nitrogens with one attached hydrogen (secondary N) is 1. The highest BCUT2D eigenvalue weighted by molar-refractivity contribution is 5.88. The molecular formula is C16H18N2O5. The monoisotopic (exact) mass is 318 g/mol. The predicted molar refractivity (Wildman–Crippen MR) is 82.9 cm³/mol. The predicted octanol–water partition coefficient (Wildman–Crippen LogP) is 1.84. The van der Waals surface area contributed by atoms with Gasteiger partial charge in [0.25, 0.3) is 5.56 Å². The minimum atomic E-state index is -0.623. The normalized spacial score (nSPS) is 10.2. The number of carbonyl (C=O) groups is 1. The Hall–Kier alpha value is -2.83. The molecule has 2 aromatic rings. The molecule has 1 N–H and O–H groups in total. The highest BCUT2D eigenvalue weighted by atomic mass is 16.5. The molecule has 0 saturated carbocycles. The van der Waals surface area contributed by atoms with E-state index in [1.807, 2.05) is 0 Å². The van der Waals surface area contributed by atoms with E-state index in [0.29, 0.717) is 11.5 Å². The fourth-order valence-corrected chi connectivity index (χ4v) is 1.87.